The smallest absolute Gasteiger partial charge is 0.265 e. The number of benzene rings is 2. The third-order valence-electron chi connectivity index (χ3n) is 4.95. The van der Waals surface area contributed by atoms with E-state index in [1.807, 2.05) is 23.6 Å². The topological polar surface area (TPSA) is 76.9 Å². The van der Waals surface area contributed by atoms with Gasteiger partial charge in [-0.25, -0.2) is 9.97 Å². The van der Waals surface area contributed by atoms with Crippen LogP contribution in [0.25, 0.3) is 16.6 Å². The highest BCUT2D eigenvalue weighted by Gasteiger charge is 2.18. The van der Waals surface area contributed by atoms with Crippen molar-refractivity contribution in [3.05, 3.63) is 86.4 Å². The van der Waals surface area contributed by atoms with Crippen LogP contribution in [0.1, 0.15) is 47.7 Å². The molecule has 0 spiro atoms. The van der Waals surface area contributed by atoms with Crippen LogP contribution in [0.15, 0.2) is 58.7 Å². The minimum atomic E-state index is -0.183. The molecule has 0 aliphatic rings. The average molecular weight is 433 g/mol. The molecular weight excluding hydrogens is 408 g/mol. The molecule has 1 N–H and O–H groups in total. The zero-order valence-electron chi connectivity index (χ0n) is 18.0. The van der Waals surface area contributed by atoms with E-state index >= 15 is 0 Å². The summed E-state index contributed by atoms with van der Waals surface area (Å²) in [5, 5.41) is 6.50. The van der Waals surface area contributed by atoms with Crippen molar-refractivity contribution >= 4 is 28.1 Å². The van der Waals surface area contributed by atoms with Crippen LogP contribution in [0.4, 0.5) is 0 Å². The number of para-hydroxylation sites is 1. The SMILES string of the molecule is Cc1nc2ccccc2c(=O)n1-c1ccc(C(=O)NCc2csc(C(C)(C)C)n2)cc1. The number of carbonyl (C=O) groups is 1. The molecular formula is C24H24N4O2S. The molecule has 6 nitrogen and oxygen atoms in total. The summed E-state index contributed by atoms with van der Waals surface area (Å²) < 4.78 is 1.56. The normalized spacial score (nSPS) is 11.6. The summed E-state index contributed by atoms with van der Waals surface area (Å²) in [4.78, 5) is 34.6. The van der Waals surface area contributed by atoms with Gasteiger partial charge in [0.1, 0.15) is 5.82 Å². The summed E-state index contributed by atoms with van der Waals surface area (Å²) in [6.45, 7) is 8.53. The lowest BCUT2D eigenvalue weighted by atomic mass is 9.98. The molecule has 0 fully saturated rings. The first kappa shape index (κ1) is 20.9. The molecule has 1 amide bonds. The lowest BCUT2D eigenvalue weighted by molar-refractivity contribution is 0.0950. The Morgan fingerprint density at radius 2 is 1.77 bits per heavy atom. The van der Waals surface area contributed by atoms with Gasteiger partial charge < -0.3 is 5.32 Å². The van der Waals surface area contributed by atoms with E-state index in [0.29, 0.717) is 34.5 Å². The van der Waals surface area contributed by atoms with Gasteiger partial charge in [-0.05, 0) is 43.3 Å². The second kappa shape index (κ2) is 8.07. The van der Waals surface area contributed by atoms with E-state index in [2.05, 4.69) is 36.1 Å². The molecule has 2 heterocycles. The molecule has 2 aromatic heterocycles. The van der Waals surface area contributed by atoms with Gasteiger partial charge >= 0.3 is 0 Å². The minimum absolute atomic E-state index is 0.00338. The highest BCUT2D eigenvalue weighted by molar-refractivity contribution is 7.09. The molecule has 31 heavy (non-hydrogen) atoms. The van der Waals surface area contributed by atoms with Gasteiger partial charge in [0.15, 0.2) is 0 Å². The largest absolute Gasteiger partial charge is 0.346 e. The first-order valence-corrected chi connectivity index (χ1v) is 10.9. The summed E-state index contributed by atoms with van der Waals surface area (Å²) in [6.07, 6.45) is 0. The van der Waals surface area contributed by atoms with Crippen LogP contribution in [0.3, 0.4) is 0 Å². The van der Waals surface area contributed by atoms with Gasteiger partial charge in [0, 0.05) is 16.4 Å². The van der Waals surface area contributed by atoms with E-state index in [1.165, 1.54) is 0 Å². The maximum Gasteiger partial charge on any atom is 0.265 e. The maximum atomic E-state index is 12.9. The third kappa shape index (κ3) is 4.27. The van der Waals surface area contributed by atoms with Crippen molar-refractivity contribution in [2.75, 3.05) is 0 Å². The molecule has 0 saturated carbocycles. The molecule has 0 aliphatic carbocycles. The van der Waals surface area contributed by atoms with Crippen LogP contribution in [0, 0.1) is 6.92 Å². The zero-order chi connectivity index (χ0) is 22.2. The number of thiazole rings is 1. The van der Waals surface area contributed by atoms with E-state index in [4.69, 9.17) is 0 Å². The standard InChI is InChI=1S/C24H24N4O2S/c1-15-26-20-8-6-5-7-19(20)22(30)28(15)18-11-9-16(10-12-18)21(29)25-13-17-14-31-23(27-17)24(2,3)4/h5-12,14H,13H2,1-4H3,(H,25,29). The number of aromatic nitrogens is 3. The van der Waals surface area contributed by atoms with Crippen molar-refractivity contribution < 1.29 is 4.79 Å². The minimum Gasteiger partial charge on any atom is -0.346 e. The van der Waals surface area contributed by atoms with Gasteiger partial charge in [-0.1, -0.05) is 32.9 Å². The molecule has 7 heteroatoms. The number of aryl methyl sites for hydroxylation is 1. The van der Waals surface area contributed by atoms with E-state index in [9.17, 15) is 9.59 Å². The number of amides is 1. The quantitative estimate of drug-likeness (QED) is 0.519. The van der Waals surface area contributed by atoms with E-state index in [-0.39, 0.29) is 16.9 Å². The fourth-order valence-corrected chi connectivity index (χ4v) is 4.22. The molecule has 0 atom stereocenters. The Morgan fingerprint density at radius 3 is 2.45 bits per heavy atom. The Morgan fingerprint density at radius 1 is 1.06 bits per heavy atom. The van der Waals surface area contributed by atoms with Crippen LogP contribution >= 0.6 is 11.3 Å². The second-order valence-corrected chi connectivity index (χ2v) is 9.30. The third-order valence-corrected chi connectivity index (χ3v) is 6.27. The number of rotatable bonds is 4. The molecule has 0 bridgehead atoms. The maximum absolute atomic E-state index is 12.9. The van der Waals surface area contributed by atoms with Gasteiger partial charge in [-0.2, -0.15) is 0 Å². The highest BCUT2D eigenvalue weighted by Crippen LogP contribution is 2.25. The van der Waals surface area contributed by atoms with Crippen LogP contribution in [-0.4, -0.2) is 20.4 Å². The summed E-state index contributed by atoms with van der Waals surface area (Å²) in [6, 6.07) is 14.2. The molecule has 0 saturated heterocycles. The van der Waals surface area contributed by atoms with Gasteiger partial charge in [0.05, 0.1) is 33.8 Å². The number of nitrogens with zero attached hydrogens (tertiary/aromatic N) is 3. The number of carbonyl (C=O) groups excluding carboxylic acids is 1. The van der Waals surface area contributed by atoms with E-state index < -0.39 is 0 Å². The predicted molar refractivity (Wildman–Crippen MR) is 124 cm³/mol. The van der Waals surface area contributed by atoms with Crippen molar-refractivity contribution in [2.45, 2.75) is 39.7 Å². The lowest BCUT2D eigenvalue weighted by Gasteiger charge is -2.13. The van der Waals surface area contributed by atoms with Crippen molar-refractivity contribution in [1.82, 2.24) is 19.9 Å². The molecule has 0 unspecified atom stereocenters. The lowest BCUT2D eigenvalue weighted by Crippen LogP contribution is -2.24. The zero-order valence-corrected chi connectivity index (χ0v) is 18.8. The molecule has 0 aliphatic heterocycles. The number of hydrogen-bond acceptors (Lipinski definition) is 5. The molecule has 158 valence electrons. The van der Waals surface area contributed by atoms with E-state index in [1.54, 1.807) is 53.2 Å². The molecule has 4 rings (SSSR count). The fourth-order valence-electron chi connectivity index (χ4n) is 3.32. The molecule has 4 aromatic rings. The molecule has 0 radical (unpaired) electrons. The Balaban J connectivity index is 1.52. The summed E-state index contributed by atoms with van der Waals surface area (Å²) in [7, 11) is 0. The van der Waals surface area contributed by atoms with Gasteiger partial charge in [0.2, 0.25) is 0 Å². The first-order valence-electron chi connectivity index (χ1n) is 10.1. The van der Waals surface area contributed by atoms with Crippen molar-refractivity contribution in [2.24, 2.45) is 0 Å². The Hall–Kier alpha value is -3.32. The van der Waals surface area contributed by atoms with Crippen LogP contribution in [-0.2, 0) is 12.0 Å². The summed E-state index contributed by atoms with van der Waals surface area (Å²) in [5.74, 6) is 0.414. The Bertz CT molecular complexity index is 1310. The van der Waals surface area contributed by atoms with Crippen LogP contribution in [0.2, 0.25) is 0 Å². The van der Waals surface area contributed by atoms with Crippen molar-refractivity contribution in [1.29, 1.82) is 0 Å². The van der Waals surface area contributed by atoms with Crippen LogP contribution < -0.4 is 10.9 Å². The second-order valence-electron chi connectivity index (χ2n) is 8.44. The summed E-state index contributed by atoms with van der Waals surface area (Å²) in [5.41, 5.74) is 2.59. The fraction of sp³-hybridized carbons (Fsp3) is 0.250. The van der Waals surface area contributed by atoms with Crippen molar-refractivity contribution in [3.63, 3.8) is 0 Å². The predicted octanol–water partition coefficient (Wildman–Crippen LogP) is 4.38. The van der Waals surface area contributed by atoms with Crippen LogP contribution in [0.5, 0.6) is 0 Å². The first-order chi connectivity index (χ1) is 14.7. The summed E-state index contributed by atoms with van der Waals surface area (Å²) >= 11 is 1.61. The van der Waals surface area contributed by atoms with E-state index in [0.717, 1.165) is 10.7 Å². The average Bonchev–Trinajstić information content (AvgIpc) is 3.22. The Labute approximate surface area is 184 Å². The van der Waals surface area contributed by atoms with Gasteiger partial charge in [-0.15, -0.1) is 11.3 Å². The monoisotopic (exact) mass is 432 g/mol. The number of hydrogen-bond donors (Lipinski definition) is 1. The molecule has 2 aromatic carbocycles. The highest BCUT2D eigenvalue weighted by atomic mass is 32.1. The van der Waals surface area contributed by atoms with Gasteiger partial charge in [0.25, 0.3) is 11.5 Å². The van der Waals surface area contributed by atoms with Crippen molar-refractivity contribution in [3.8, 4) is 5.69 Å². The number of fused-ring (bicyclic) bond motifs is 1. The Kier molecular flexibility index (Phi) is 5.45. The number of nitrogens with one attached hydrogen (secondary N) is 1. The van der Waals surface area contributed by atoms with Gasteiger partial charge in [-0.3, -0.25) is 14.2 Å².